The molecule has 0 spiro atoms. The predicted octanol–water partition coefficient (Wildman–Crippen LogP) is 2.18. The molecular formula is C12H16N4O. The highest BCUT2D eigenvalue weighted by Crippen LogP contribution is 2.28. The van der Waals surface area contributed by atoms with Gasteiger partial charge in [0.1, 0.15) is 0 Å². The minimum Gasteiger partial charge on any atom is -0.493 e. The molecule has 2 heterocycles. The maximum absolute atomic E-state index is 5.27. The van der Waals surface area contributed by atoms with E-state index in [0.717, 1.165) is 28.5 Å². The van der Waals surface area contributed by atoms with Crippen LogP contribution in [0.1, 0.15) is 11.4 Å². The highest BCUT2D eigenvalue weighted by Gasteiger charge is 2.08. The van der Waals surface area contributed by atoms with Gasteiger partial charge in [-0.3, -0.25) is 9.67 Å². The minimum absolute atomic E-state index is 0.721. The van der Waals surface area contributed by atoms with E-state index in [4.69, 9.17) is 4.74 Å². The van der Waals surface area contributed by atoms with Crippen LogP contribution in [0.5, 0.6) is 5.75 Å². The summed E-state index contributed by atoms with van der Waals surface area (Å²) in [7, 11) is 3.53. The number of hydrogen-bond acceptors (Lipinski definition) is 4. The molecule has 0 aliphatic heterocycles. The number of ether oxygens (including phenoxy) is 1. The van der Waals surface area contributed by atoms with Crippen molar-refractivity contribution in [3.8, 4) is 5.75 Å². The zero-order chi connectivity index (χ0) is 12.4. The minimum atomic E-state index is 0.721. The molecule has 0 unspecified atom stereocenters. The Morgan fingerprint density at radius 3 is 2.65 bits per heavy atom. The van der Waals surface area contributed by atoms with Crippen LogP contribution in [0.15, 0.2) is 18.5 Å². The van der Waals surface area contributed by atoms with Gasteiger partial charge in [-0.25, -0.2) is 0 Å². The first-order chi connectivity index (χ1) is 8.10. The number of anilines is 2. The number of methoxy groups -OCH3 is 1. The summed E-state index contributed by atoms with van der Waals surface area (Å²) < 4.78 is 7.04. The Hall–Kier alpha value is -2.04. The van der Waals surface area contributed by atoms with Gasteiger partial charge >= 0.3 is 0 Å². The van der Waals surface area contributed by atoms with Crippen LogP contribution in [0.25, 0.3) is 0 Å². The average Bonchev–Trinajstić information content (AvgIpc) is 2.58. The van der Waals surface area contributed by atoms with Crippen molar-refractivity contribution in [1.29, 1.82) is 0 Å². The second-order valence-electron chi connectivity index (χ2n) is 3.95. The van der Waals surface area contributed by atoms with Gasteiger partial charge in [-0.05, 0) is 19.9 Å². The van der Waals surface area contributed by atoms with Crippen LogP contribution in [0.4, 0.5) is 11.4 Å². The normalized spacial score (nSPS) is 10.4. The monoisotopic (exact) mass is 232 g/mol. The van der Waals surface area contributed by atoms with Crippen molar-refractivity contribution >= 4 is 11.4 Å². The molecule has 0 aliphatic carbocycles. The van der Waals surface area contributed by atoms with Gasteiger partial charge in [0, 0.05) is 18.9 Å². The van der Waals surface area contributed by atoms with E-state index in [1.165, 1.54) is 0 Å². The van der Waals surface area contributed by atoms with Gasteiger partial charge in [0.15, 0.2) is 5.75 Å². The second-order valence-corrected chi connectivity index (χ2v) is 3.95. The SMILES string of the molecule is COc1cnc(C)cc1Nc1cn(C)nc1C. The molecule has 17 heavy (non-hydrogen) atoms. The molecular weight excluding hydrogens is 216 g/mol. The lowest BCUT2D eigenvalue weighted by molar-refractivity contribution is 0.414. The quantitative estimate of drug-likeness (QED) is 0.881. The van der Waals surface area contributed by atoms with Crippen molar-refractivity contribution < 1.29 is 4.74 Å². The molecule has 5 nitrogen and oxygen atoms in total. The first-order valence-electron chi connectivity index (χ1n) is 5.38. The van der Waals surface area contributed by atoms with E-state index in [2.05, 4.69) is 15.4 Å². The maximum Gasteiger partial charge on any atom is 0.160 e. The Labute approximate surface area is 100 Å². The third kappa shape index (κ3) is 2.38. The van der Waals surface area contributed by atoms with Gasteiger partial charge in [-0.1, -0.05) is 0 Å². The number of rotatable bonds is 3. The van der Waals surface area contributed by atoms with Crippen LogP contribution in [0.3, 0.4) is 0 Å². The Bertz CT molecular complexity index is 533. The molecule has 0 saturated heterocycles. The third-order valence-corrected chi connectivity index (χ3v) is 2.51. The second kappa shape index (κ2) is 4.45. The van der Waals surface area contributed by atoms with E-state index in [0.29, 0.717) is 0 Å². The molecule has 0 saturated carbocycles. The molecule has 1 N–H and O–H groups in total. The topological polar surface area (TPSA) is 52.0 Å². The largest absolute Gasteiger partial charge is 0.493 e. The summed E-state index contributed by atoms with van der Waals surface area (Å²) >= 11 is 0. The zero-order valence-electron chi connectivity index (χ0n) is 10.5. The van der Waals surface area contributed by atoms with Gasteiger partial charge < -0.3 is 10.1 Å². The van der Waals surface area contributed by atoms with E-state index in [-0.39, 0.29) is 0 Å². The fourth-order valence-electron chi connectivity index (χ4n) is 1.68. The molecule has 0 bridgehead atoms. The molecule has 5 heteroatoms. The molecule has 0 aliphatic rings. The van der Waals surface area contributed by atoms with Gasteiger partial charge in [-0.2, -0.15) is 5.10 Å². The first kappa shape index (κ1) is 11.4. The fraction of sp³-hybridized carbons (Fsp3) is 0.333. The Morgan fingerprint density at radius 1 is 1.29 bits per heavy atom. The fourth-order valence-corrected chi connectivity index (χ4v) is 1.68. The van der Waals surface area contributed by atoms with Crippen molar-refractivity contribution in [2.24, 2.45) is 7.05 Å². The number of hydrogen-bond donors (Lipinski definition) is 1. The van der Waals surface area contributed by atoms with Gasteiger partial charge in [-0.15, -0.1) is 0 Å². The van der Waals surface area contributed by atoms with Gasteiger partial charge in [0.05, 0.1) is 30.4 Å². The maximum atomic E-state index is 5.27. The molecule has 2 aromatic heterocycles. The molecule has 90 valence electrons. The highest BCUT2D eigenvalue weighted by molar-refractivity contribution is 5.66. The Morgan fingerprint density at radius 2 is 2.06 bits per heavy atom. The molecule has 2 rings (SSSR count). The van der Waals surface area contributed by atoms with Crippen LogP contribution >= 0.6 is 0 Å². The summed E-state index contributed by atoms with van der Waals surface area (Å²) in [6.07, 6.45) is 3.65. The molecule has 0 amide bonds. The number of pyridine rings is 1. The molecule has 2 aromatic rings. The van der Waals surface area contributed by atoms with Crippen LogP contribution < -0.4 is 10.1 Å². The van der Waals surface area contributed by atoms with E-state index in [1.54, 1.807) is 18.0 Å². The van der Waals surface area contributed by atoms with Crippen LogP contribution in [-0.2, 0) is 7.05 Å². The summed E-state index contributed by atoms with van der Waals surface area (Å²) in [6.45, 7) is 3.91. The third-order valence-electron chi connectivity index (χ3n) is 2.51. The summed E-state index contributed by atoms with van der Waals surface area (Å²) in [5.41, 5.74) is 3.76. The van der Waals surface area contributed by atoms with E-state index < -0.39 is 0 Å². The van der Waals surface area contributed by atoms with Gasteiger partial charge in [0.2, 0.25) is 0 Å². The summed E-state index contributed by atoms with van der Waals surface area (Å²) in [4.78, 5) is 4.19. The number of nitrogens with zero attached hydrogens (tertiary/aromatic N) is 3. The number of nitrogens with one attached hydrogen (secondary N) is 1. The first-order valence-corrected chi connectivity index (χ1v) is 5.38. The lowest BCUT2D eigenvalue weighted by atomic mass is 10.3. The standard InChI is InChI=1S/C12H16N4O/c1-8-5-10(12(17-4)6-13-8)14-11-7-16(3)15-9(11)2/h5-7H,1-4H3,(H,13,14). The van der Waals surface area contributed by atoms with Crippen molar-refractivity contribution in [1.82, 2.24) is 14.8 Å². The molecule has 0 fully saturated rings. The zero-order valence-corrected chi connectivity index (χ0v) is 10.5. The summed E-state index contributed by atoms with van der Waals surface area (Å²) in [6, 6.07) is 1.95. The van der Waals surface area contributed by atoms with Crippen molar-refractivity contribution in [3.63, 3.8) is 0 Å². The molecule has 0 radical (unpaired) electrons. The lowest BCUT2D eigenvalue weighted by Crippen LogP contribution is -1.97. The number of aromatic nitrogens is 3. The lowest BCUT2D eigenvalue weighted by Gasteiger charge is -2.10. The van der Waals surface area contributed by atoms with E-state index in [1.807, 2.05) is 33.2 Å². The Balaban J connectivity index is 2.35. The van der Waals surface area contributed by atoms with Crippen molar-refractivity contribution in [3.05, 3.63) is 29.8 Å². The average molecular weight is 232 g/mol. The van der Waals surface area contributed by atoms with Crippen LogP contribution in [0, 0.1) is 13.8 Å². The van der Waals surface area contributed by atoms with Crippen molar-refractivity contribution in [2.75, 3.05) is 12.4 Å². The van der Waals surface area contributed by atoms with E-state index >= 15 is 0 Å². The van der Waals surface area contributed by atoms with Gasteiger partial charge in [0.25, 0.3) is 0 Å². The van der Waals surface area contributed by atoms with E-state index in [9.17, 15) is 0 Å². The smallest absolute Gasteiger partial charge is 0.160 e. The molecule has 0 atom stereocenters. The van der Waals surface area contributed by atoms with Crippen LogP contribution in [-0.4, -0.2) is 21.9 Å². The summed E-state index contributed by atoms with van der Waals surface area (Å²) in [5, 5.41) is 7.59. The summed E-state index contributed by atoms with van der Waals surface area (Å²) in [5.74, 6) is 0.721. The highest BCUT2D eigenvalue weighted by atomic mass is 16.5. The predicted molar refractivity (Wildman–Crippen MR) is 66.8 cm³/mol. The van der Waals surface area contributed by atoms with Crippen LogP contribution in [0.2, 0.25) is 0 Å². The molecule has 0 aromatic carbocycles. The number of aryl methyl sites for hydroxylation is 3. The Kier molecular flexibility index (Phi) is 2.99. The van der Waals surface area contributed by atoms with Crippen molar-refractivity contribution in [2.45, 2.75) is 13.8 Å².